The lowest BCUT2D eigenvalue weighted by molar-refractivity contribution is 0.0221. The number of ether oxygens (including phenoxy) is 1. The van der Waals surface area contributed by atoms with E-state index in [1.54, 1.807) is 4.90 Å². The zero-order valence-electron chi connectivity index (χ0n) is 16.5. The van der Waals surface area contributed by atoms with E-state index in [1.165, 1.54) is 0 Å². The number of hydrogen-bond acceptors (Lipinski definition) is 4. The molecular weight excluding hydrogens is 344 g/mol. The van der Waals surface area contributed by atoms with Crippen molar-refractivity contribution in [3.05, 3.63) is 46.3 Å². The SMILES string of the molecule is Cc1cc(C)cc(NC(=O)c2n[nH]c3c2CCN(C(=O)OC(C)(C)C)C3)c1. The minimum absolute atomic E-state index is 0.247. The number of benzene rings is 1. The van der Waals surface area contributed by atoms with Crippen LogP contribution in [0.2, 0.25) is 0 Å². The third kappa shape index (κ3) is 4.48. The molecule has 1 aliphatic rings. The van der Waals surface area contributed by atoms with Gasteiger partial charge in [-0.25, -0.2) is 4.79 Å². The fourth-order valence-electron chi connectivity index (χ4n) is 3.23. The monoisotopic (exact) mass is 370 g/mol. The minimum Gasteiger partial charge on any atom is -0.444 e. The minimum atomic E-state index is -0.539. The maximum Gasteiger partial charge on any atom is 0.410 e. The van der Waals surface area contributed by atoms with E-state index < -0.39 is 5.60 Å². The smallest absolute Gasteiger partial charge is 0.410 e. The Hall–Kier alpha value is -2.83. The third-order valence-corrected chi connectivity index (χ3v) is 4.28. The molecule has 0 radical (unpaired) electrons. The van der Waals surface area contributed by atoms with Crippen LogP contribution in [0.5, 0.6) is 0 Å². The van der Waals surface area contributed by atoms with E-state index >= 15 is 0 Å². The largest absolute Gasteiger partial charge is 0.444 e. The molecule has 1 aromatic heterocycles. The Bertz CT molecular complexity index is 860. The summed E-state index contributed by atoms with van der Waals surface area (Å²) in [6, 6.07) is 5.90. The summed E-state index contributed by atoms with van der Waals surface area (Å²) in [6.07, 6.45) is 0.199. The van der Waals surface area contributed by atoms with E-state index in [-0.39, 0.29) is 12.0 Å². The molecule has 0 saturated heterocycles. The lowest BCUT2D eigenvalue weighted by Crippen LogP contribution is -2.40. The summed E-state index contributed by atoms with van der Waals surface area (Å²) in [7, 11) is 0. The van der Waals surface area contributed by atoms with Gasteiger partial charge in [0.05, 0.1) is 12.2 Å². The summed E-state index contributed by atoms with van der Waals surface area (Å²) in [6.45, 7) is 10.3. The van der Waals surface area contributed by atoms with Gasteiger partial charge in [-0.2, -0.15) is 5.10 Å². The number of anilines is 1. The van der Waals surface area contributed by atoms with Crippen molar-refractivity contribution in [3.63, 3.8) is 0 Å². The fraction of sp³-hybridized carbons (Fsp3) is 0.450. The van der Waals surface area contributed by atoms with Gasteiger partial charge >= 0.3 is 6.09 Å². The molecule has 1 aromatic carbocycles. The molecule has 2 N–H and O–H groups in total. The predicted octanol–water partition coefficient (Wildman–Crippen LogP) is 3.57. The molecule has 27 heavy (non-hydrogen) atoms. The van der Waals surface area contributed by atoms with Gasteiger partial charge in [-0.05, 0) is 64.3 Å². The highest BCUT2D eigenvalue weighted by molar-refractivity contribution is 6.04. The number of nitrogens with one attached hydrogen (secondary N) is 2. The summed E-state index contributed by atoms with van der Waals surface area (Å²) in [5.41, 5.74) is 4.40. The average Bonchev–Trinajstić information content (AvgIpc) is 2.95. The number of nitrogens with zero attached hydrogens (tertiary/aromatic N) is 2. The molecule has 0 saturated carbocycles. The van der Waals surface area contributed by atoms with Crippen LogP contribution in [0.15, 0.2) is 18.2 Å². The number of aromatic nitrogens is 2. The number of fused-ring (bicyclic) bond motifs is 1. The topological polar surface area (TPSA) is 87.3 Å². The highest BCUT2D eigenvalue weighted by atomic mass is 16.6. The first-order valence-electron chi connectivity index (χ1n) is 9.06. The quantitative estimate of drug-likeness (QED) is 0.846. The number of amides is 2. The van der Waals surface area contributed by atoms with Crippen LogP contribution < -0.4 is 5.32 Å². The molecule has 0 aliphatic carbocycles. The van der Waals surface area contributed by atoms with Crippen LogP contribution in [-0.4, -0.2) is 39.2 Å². The van der Waals surface area contributed by atoms with Crippen LogP contribution >= 0.6 is 0 Å². The summed E-state index contributed by atoms with van der Waals surface area (Å²) in [5, 5.41) is 10.0. The number of carbonyl (C=O) groups excluding carboxylic acids is 2. The summed E-state index contributed by atoms with van der Waals surface area (Å²) < 4.78 is 5.42. The van der Waals surface area contributed by atoms with Gasteiger partial charge in [-0.1, -0.05) is 6.07 Å². The van der Waals surface area contributed by atoms with E-state index in [1.807, 2.05) is 46.8 Å². The third-order valence-electron chi connectivity index (χ3n) is 4.28. The predicted molar refractivity (Wildman–Crippen MR) is 103 cm³/mol. The Balaban J connectivity index is 1.72. The maximum absolute atomic E-state index is 12.7. The van der Waals surface area contributed by atoms with E-state index in [2.05, 4.69) is 21.6 Å². The fourth-order valence-corrected chi connectivity index (χ4v) is 3.23. The number of H-pyrrole nitrogens is 1. The van der Waals surface area contributed by atoms with Gasteiger partial charge in [0.1, 0.15) is 5.60 Å². The summed E-state index contributed by atoms with van der Waals surface area (Å²) >= 11 is 0. The first-order chi connectivity index (χ1) is 12.6. The first kappa shape index (κ1) is 18.9. The maximum atomic E-state index is 12.7. The van der Waals surface area contributed by atoms with E-state index in [4.69, 9.17) is 4.74 Å². The van der Waals surface area contributed by atoms with Crippen molar-refractivity contribution in [3.8, 4) is 0 Å². The van der Waals surface area contributed by atoms with Crippen LogP contribution in [0, 0.1) is 13.8 Å². The molecule has 2 amide bonds. The number of aromatic amines is 1. The second-order valence-electron chi connectivity index (χ2n) is 8.01. The van der Waals surface area contributed by atoms with E-state index in [9.17, 15) is 9.59 Å². The summed E-state index contributed by atoms with van der Waals surface area (Å²) in [4.78, 5) is 26.6. The molecule has 7 heteroatoms. The van der Waals surface area contributed by atoms with Crippen molar-refractivity contribution in [2.24, 2.45) is 0 Å². The van der Waals surface area contributed by atoms with Gasteiger partial charge in [0.25, 0.3) is 5.91 Å². The number of carbonyl (C=O) groups is 2. The lowest BCUT2D eigenvalue weighted by atomic mass is 10.0. The van der Waals surface area contributed by atoms with Crippen LogP contribution in [-0.2, 0) is 17.7 Å². The Morgan fingerprint density at radius 3 is 2.48 bits per heavy atom. The Morgan fingerprint density at radius 2 is 1.85 bits per heavy atom. The van der Waals surface area contributed by atoms with Gasteiger partial charge in [0.2, 0.25) is 0 Å². The second-order valence-corrected chi connectivity index (χ2v) is 8.01. The van der Waals surface area contributed by atoms with E-state index in [0.29, 0.717) is 25.2 Å². The van der Waals surface area contributed by atoms with Gasteiger partial charge in [-0.3, -0.25) is 9.89 Å². The molecular formula is C20H26N4O3. The van der Waals surface area contributed by atoms with Gasteiger partial charge in [0, 0.05) is 17.8 Å². The van der Waals surface area contributed by atoms with Crippen LogP contribution in [0.4, 0.5) is 10.5 Å². The molecule has 0 atom stereocenters. The van der Waals surface area contributed by atoms with Crippen LogP contribution in [0.3, 0.4) is 0 Å². The first-order valence-corrected chi connectivity index (χ1v) is 9.06. The van der Waals surface area contributed by atoms with Crippen LogP contribution in [0.25, 0.3) is 0 Å². The van der Waals surface area contributed by atoms with Gasteiger partial charge in [0.15, 0.2) is 5.69 Å². The van der Waals surface area contributed by atoms with Crippen molar-refractivity contribution in [1.82, 2.24) is 15.1 Å². The normalized spacial score (nSPS) is 13.9. The molecule has 0 spiro atoms. The standard InChI is InChI=1S/C20H26N4O3/c1-12-8-13(2)10-14(9-12)21-18(25)17-15-6-7-24(11-16(15)22-23-17)19(26)27-20(3,4)5/h8-10H,6-7,11H2,1-5H3,(H,21,25)(H,22,23). The van der Waals surface area contributed by atoms with Crippen molar-refractivity contribution < 1.29 is 14.3 Å². The zero-order valence-corrected chi connectivity index (χ0v) is 16.5. The van der Waals surface area contributed by atoms with Crippen molar-refractivity contribution in [1.29, 1.82) is 0 Å². The Morgan fingerprint density at radius 1 is 1.19 bits per heavy atom. The van der Waals surface area contributed by atoms with Crippen molar-refractivity contribution in [2.45, 2.75) is 53.2 Å². The van der Waals surface area contributed by atoms with E-state index in [0.717, 1.165) is 28.1 Å². The Kier molecular flexibility index (Phi) is 4.95. The summed E-state index contributed by atoms with van der Waals surface area (Å²) in [5.74, 6) is -0.247. The molecule has 1 aliphatic heterocycles. The molecule has 144 valence electrons. The molecule has 3 rings (SSSR count). The molecule has 0 bridgehead atoms. The van der Waals surface area contributed by atoms with Gasteiger partial charge in [-0.15, -0.1) is 0 Å². The molecule has 0 unspecified atom stereocenters. The highest BCUT2D eigenvalue weighted by Gasteiger charge is 2.30. The second kappa shape index (κ2) is 7.06. The molecule has 2 heterocycles. The average molecular weight is 370 g/mol. The molecule has 7 nitrogen and oxygen atoms in total. The number of aryl methyl sites for hydroxylation is 2. The van der Waals surface area contributed by atoms with Crippen molar-refractivity contribution >= 4 is 17.7 Å². The Labute approximate surface area is 159 Å². The number of rotatable bonds is 2. The van der Waals surface area contributed by atoms with Crippen LogP contribution in [0.1, 0.15) is 53.6 Å². The van der Waals surface area contributed by atoms with Gasteiger partial charge < -0.3 is 15.0 Å². The lowest BCUT2D eigenvalue weighted by Gasteiger charge is -2.29. The highest BCUT2D eigenvalue weighted by Crippen LogP contribution is 2.23. The number of hydrogen-bond donors (Lipinski definition) is 2. The molecule has 0 fully saturated rings. The van der Waals surface area contributed by atoms with Crippen molar-refractivity contribution in [2.75, 3.05) is 11.9 Å². The zero-order chi connectivity index (χ0) is 19.8. The molecule has 2 aromatic rings.